The summed E-state index contributed by atoms with van der Waals surface area (Å²) in [5.74, 6) is -0.746. The van der Waals surface area contributed by atoms with Crippen LogP contribution in [0.2, 0.25) is 10.0 Å². The monoisotopic (exact) mass is 332 g/mol. The maximum atomic E-state index is 11.8. The molecule has 1 atom stereocenters. The molecular weight excluding hydrogens is 315 g/mol. The molecule has 1 aromatic rings. The molecule has 0 saturated heterocycles. The summed E-state index contributed by atoms with van der Waals surface area (Å²) in [4.78, 5) is 23.3. The summed E-state index contributed by atoms with van der Waals surface area (Å²) >= 11 is 11.7. The van der Waals surface area contributed by atoms with E-state index in [1.807, 2.05) is 6.92 Å². The molecule has 0 aliphatic heterocycles. The van der Waals surface area contributed by atoms with Gasteiger partial charge in [-0.3, -0.25) is 4.79 Å². The van der Waals surface area contributed by atoms with Crippen LogP contribution < -0.4 is 10.6 Å². The van der Waals surface area contributed by atoms with Crippen molar-refractivity contribution in [2.45, 2.75) is 25.8 Å². The highest BCUT2D eigenvalue weighted by molar-refractivity contribution is 6.42. The smallest absolute Gasteiger partial charge is 0.328 e. The molecule has 0 aromatic heterocycles. The fourth-order valence-corrected chi connectivity index (χ4v) is 2.01. The third-order valence-corrected chi connectivity index (χ3v) is 3.51. The Hall–Kier alpha value is -1.46. The number of hydrogen-bond donors (Lipinski definition) is 2. The molecule has 0 aliphatic rings. The molecular formula is C14H18Cl2N2O3. The van der Waals surface area contributed by atoms with Crippen LogP contribution in [0, 0.1) is 0 Å². The van der Waals surface area contributed by atoms with Gasteiger partial charge in [-0.1, -0.05) is 36.5 Å². The number of amides is 1. The van der Waals surface area contributed by atoms with E-state index in [1.54, 1.807) is 18.2 Å². The predicted molar refractivity (Wildman–Crippen MR) is 83.8 cm³/mol. The van der Waals surface area contributed by atoms with Gasteiger partial charge in [0.05, 0.1) is 23.7 Å². The van der Waals surface area contributed by atoms with E-state index in [4.69, 9.17) is 23.2 Å². The minimum absolute atomic E-state index is 0.0230. The van der Waals surface area contributed by atoms with E-state index in [0.717, 1.165) is 6.42 Å². The first-order chi connectivity index (χ1) is 9.97. The van der Waals surface area contributed by atoms with Gasteiger partial charge < -0.3 is 15.4 Å². The lowest BCUT2D eigenvalue weighted by Gasteiger charge is -2.16. The number of carbonyl (C=O) groups excluding carboxylic acids is 2. The average Bonchev–Trinajstić information content (AvgIpc) is 2.47. The summed E-state index contributed by atoms with van der Waals surface area (Å²) in [6.07, 6.45) is 1.30. The van der Waals surface area contributed by atoms with Crippen molar-refractivity contribution >= 4 is 40.8 Å². The number of carbonyl (C=O) groups is 2. The van der Waals surface area contributed by atoms with E-state index in [2.05, 4.69) is 15.4 Å². The van der Waals surface area contributed by atoms with Crippen molar-refractivity contribution in [1.29, 1.82) is 0 Å². The van der Waals surface area contributed by atoms with Gasteiger partial charge in [-0.05, 0) is 24.6 Å². The van der Waals surface area contributed by atoms with Crippen molar-refractivity contribution in [3.8, 4) is 0 Å². The number of anilines is 1. The summed E-state index contributed by atoms with van der Waals surface area (Å²) in [5.41, 5.74) is 0.671. The molecule has 21 heavy (non-hydrogen) atoms. The normalized spacial score (nSPS) is 11.6. The average molecular weight is 333 g/mol. The highest BCUT2D eigenvalue weighted by Crippen LogP contribution is 2.24. The Labute approximate surface area is 133 Å². The maximum Gasteiger partial charge on any atom is 0.328 e. The van der Waals surface area contributed by atoms with Crippen molar-refractivity contribution in [1.82, 2.24) is 5.32 Å². The zero-order valence-corrected chi connectivity index (χ0v) is 13.4. The maximum absolute atomic E-state index is 11.8. The van der Waals surface area contributed by atoms with Gasteiger partial charge in [0.2, 0.25) is 5.91 Å². The fraction of sp³-hybridized carbons (Fsp3) is 0.429. The Kier molecular flexibility index (Phi) is 7.32. The van der Waals surface area contributed by atoms with Crippen LogP contribution in [0.4, 0.5) is 5.69 Å². The summed E-state index contributed by atoms with van der Waals surface area (Å²) in [5, 5.41) is 6.39. The van der Waals surface area contributed by atoms with Crippen LogP contribution in [0.15, 0.2) is 18.2 Å². The number of halogens is 2. The molecule has 0 bridgehead atoms. The van der Waals surface area contributed by atoms with Gasteiger partial charge in [0.25, 0.3) is 0 Å². The number of ether oxygens (including phenoxy) is 1. The van der Waals surface area contributed by atoms with Crippen LogP contribution in [0.3, 0.4) is 0 Å². The molecule has 1 aromatic carbocycles. The third kappa shape index (κ3) is 5.81. The third-order valence-electron chi connectivity index (χ3n) is 2.77. The van der Waals surface area contributed by atoms with Crippen molar-refractivity contribution in [3.05, 3.63) is 28.2 Å². The number of rotatable bonds is 7. The molecule has 0 spiro atoms. The number of hydrogen-bond acceptors (Lipinski definition) is 4. The van der Waals surface area contributed by atoms with E-state index in [9.17, 15) is 9.59 Å². The zero-order valence-electron chi connectivity index (χ0n) is 11.9. The Morgan fingerprint density at radius 3 is 2.57 bits per heavy atom. The van der Waals surface area contributed by atoms with Gasteiger partial charge >= 0.3 is 5.97 Å². The number of methoxy groups -OCH3 is 1. The Bertz CT molecular complexity index is 509. The molecule has 1 amide bonds. The molecule has 5 nitrogen and oxygen atoms in total. The highest BCUT2D eigenvalue weighted by atomic mass is 35.5. The van der Waals surface area contributed by atoms with E-state index >= 15 is 0 Å². The lowest BCUT2D eigenvalue weighted by Crippen LogP contribution is -2.43. The first-order valence-corrected chi connectivity index (χ1v) is 7.29. The van der Waals surface area contributed by atoms with Crippen LogP contribution in [-0.4, -0.2) is 31.6 Å². The molecule has 0 aliphatic carbocycles. The van der Waals surface area contributed by atoms with Crippen molar-refractivity contribution in [3.63, 3.8) is 0 Å². The number of benzene rings is 1. The lowest BCUT2D eigenvalue weighted by molar-refractivity contribution is -0.145. The number of nitrogens with one attached hydrogen (secondary N) is 2. The van der Waals surface area contributed by atoms with Gasteiger partial charge in [-0.25, -0.2) is 4.79 Å². The first-order valence-electron chi connectivity index (χ1n) is 6.54. The summed E-state index contributed by atoms with van der Waals surface area (Å²) in [6, 6.07) is 4.35. The first kappa shape index (κ1) is 17.6. The molecule has 1 rings (SSSR count). The van der Waals surface area contributed by atoms with Crippen LogP contribution in [0.25, 0.3) is 0 Å². The lowest BCUT2D eigenvalue weighted by atomic mass is 10.1. The van der Waals surface area contributed by atoms with Crippen LogP contribution in [0.1, 0.15) is 19.8 Å². The Morgan fingerprint density at radius 2 is 2.00 bits per heavy atom. The standard InChI is InChI=1S/C14H18Cl2N2O3/c1-3-4-12(14(20)21-2)18-13(19)8-17-9-5-6-10(15)11(16)7-9/h5-7,12,17H,3-4,8H2,1-2H3,(H,18,19)/t12-/m0/s1. The van der Waals surface area contributed by atoms with Gasteiger partial charge in [-0.2, -0.15) is 0 Å². The van der Waals surface area contributed by atoms with Crippen molar-refractivity contribution < 1.29 is 14.3 Å². The molecule has 2 N–H and O–H groups in total. The minimum atomic E-state index is -0.622. The minimum Gasteiger partial charge on any atom is -0.467 e. The van der Waals surface area contributed by atoms with E-state index in [-0.39, 0.29) is 12.5 Å². The highest BCUT2D eigenvalue weighted by Gasteiger charge is 2.20. The molecule has 0 heterocycles. The molecule has 0 radical (unpaired) electrons. The molecule has 0 saturated carbocycles. The fourth-order valence-electron chi connectivity index (χ4n) is 1.71. The molecule has 0 unspecified atom stereocenters. The summed E-state index contributed by atoms with van der Waals surface area (Å²) in [7, 11) is 1.30. The SMILES string of the molecule is CCC[C@H](NC(=O)CNc1ccc(Cl)c(Cl)c1)C(=O)OC. The molecule has 7 heteroatoms. The quantitative estimate of drug-likeness (QED) is 0.753. The summed E-state index contributed by atoms with van der Waals surface area (Å²) in [6.45, 7) is 1.95. The van der Waals surface area contributed by atoms with Gasteiger partial charge in [0.15, 0.2) is 0 Å². The summed E-state index contributed by atoms with van der Waals surface area (Å²) < 4.78 is 4.65. The zero-order chi connectivity index (χ0) is 15.8. The van der Waals surface area contributed by atoms with Crippen molar-refractivity contribution in [2.24, 2.45) is 0 Å². The number of esters is 1. The van der Waals surface area contributed by atoms with Crippen LogP contribution in [-0.2, 0) is 14.3 Å². The van der Waals surface area contributed by atoms with Gasteiger partial charge in [0, 0.05) is 5.69 Å². The molecule has 116 valence electrons. The van der Waals surface area contributed by atoms with Gasteiger partial charge in [-0.15, -0.1) is 0 Å². The van der Waals surface area contributed by atoms with Crippen LogP contribution in [0.5, 0.6) is 0 Å². The van der Waals surface area contributed by atoms with Crippen molar-refractivity contribution in [2.75, 3.05) is 19.0 Å². The Morgan fingerprint density at radius 1 is 1.29 bits per heavy atom. The second-order valence-corrected chi connectivity index (χ2v) is 5.23. The topological polar surface area (TPSA) is 67.4 Å². The van der Waals surface area contributed by atoms with E-state index in [1.165, 1.54) is 7.11 Å². The molecule has 0 fully saturated rings. The van der Waals surface area contributed by atoms with Crippen LogP contribution >= 0.6 is 23.2 Å². The second-order valence-electron chi connectivity index (χ2n) is 4.41. The second kappa shape index (κ2) is 8.74. The van der Waals surface area contributed by atoms with Gasteiger partial charge in [0.1, 0.15) is 6.04 Å². The van der Waals surface area contributed by atoms with E-state index < -0.39 is 12.0 Å². The Balaban J connectivity index is 2.52. The van der Waals surface area contributed by atoms with E-state index in [0.29, 0.717) is 22.2 Å². The largest absolute Gasteiger partial charge is 0.467 e. The predicted octanol–water partition coefficient (Wildman–Crippen LogP) is 2.86.